The van der Waals surface area contributed by atoms with Gasteiger partial charge in [0.1, 0.15) is 5.82 Å². The molecule has 20 heavy (non-hydrogen) atoms. The molecule has 2 N–H and O–H groups in total. The van der Waals surface area contributed by atoms with Gasteiger partial charge in [0.15, 0.2) is 5.82 Å². The van der Waals surface area contributed by atoms with E-state index in [1.54, 1.807) is 6.07 Å². The number of rotatable bonds is 2. The number of amides is 1. The van der Waals surface area contributed by atoms with Gasteiger partial charge in [-0.3, -0.25) is 9.89 Å². The number of aromatic nitrogens is 2. The van der Waals surface area contributed by atoms with Crippen LogP contribution < -0.4 is 5.32 Å². The first-order valence-electron chi connectivity index (χ1n) is 5.85. The zero-order valence-corrected chi connectivity index (χ0v) is 11.7. The van der Waals surface area contributed by atoms with Gasteiger partial charge < -0.3 is 5.32 Å². The highest BCUT2D eigenvalue weighted by atomic mass is 79.9. The van der Waals surface area contributed by atoms with Crippen molar-refractivity contribution in [2.24, 2.45) is 0 Å². The minimum Gasteiger partial charge on any atom is -0.304 e. The molecule has 0 saturated carbocycles. The summed E-state index contributed by atoms with van der Waals surface area (Å²) in [6.45, 7) is 0. The van der Waals surface area contributed by atoms with Crippen molar-refractivity contribution in [3.63, 3.8) is 0 Å². The molecule has 0 atom stereocenters. The number of carbonyl (C=O) groups excluding carboxylic acids is 1. The third-order valence-corrected chi connectivity index (χ3v) is 3.51. The third-order valence-electron chi connectivity index (χ3n) is 2.90. The predicted molar refractivity (Wildman–Crippen MR) is 78.1 cm³/mol. The van der Waals surface area contributed by atoms with Gasteiger partial charge in [0.05, 0.1) is 15.6 Å². The summed E-state index contributed by atoms with van der Waals surface area (Å²) in [5.41, 5.74) is 0.768. The van der Waals surface area contributed by atoms with E-state index in [1.165, 1.54) is 12.1 Å². The first kappa shape index (κ1) is 12.8. The number of hydrogen-bond donors (Lipinski definition) is 2. The van der Waals surface area contributed by atoms with Crippen LogP contribution in [-0.2, 0) is 0 Å². The zero-order chi connectivity index (χ0) is 14.1. The van der Waals surface area contributed by atoms with Crippen LogP contribution in [-0.4, -0.2) is 16.1 Å². The Kier molecular flexibility index (Phi) is 3.23. The molecule has 0 aliphatic carbocycles. The number of halogens is 2. The Morgan fingerprint density at radius 2 is 2.00 bits per heavy atom. The molecule has 0 bridgehead atoms. The fraction of sp³-hybridized carbons (Fsp3) is 0. The van der Waals surface area contributed by atoms with E-state index in [0.717, 1.165) is 10.9 Å². The quantitative estimate of drug-likeness (QED) is 0.750. The summed E-state index contributed by atoms with van der Waals surface area (Å²) in [6.07, 6.45) is 0. The molecule has 3 rings (SSSR count). The van der Waals surface area contributed by atoms with Crippen LogP contribution in [0.25, 0.3) is 10.9 Å². The average Bonchev–Trinajstić information content (AvgIpc) is 2.85. The van der Waals surface area contributed by atoms with E-state index in [4.69, 9.17) is 0 Å². The summed E-state index contributed by atoms with van der Waals surface area (Å²) >= 11 is 3.06. The van der Waals surface area contributed by atoms with E-state index in [1.807, 2.05) is 24.3 Å². The summed E-state index contributed by atoms with van der Waals surface area (Å²) in [7, 11) is 0. The maximum absolute atomic E-state index is 13.9. The summed E-state index contributed by atoms with van der Waals surface area (Å²) < 4.78 is 14.1. The van der Waals surface area contributed by atoms with Crippen molar-refractivity contribution in [3.8, 4) is 0 Å². The van der Waals surface area contributed by atoms with Crippen LogP contribution in [0.15, 0.2) is 46.9 Å². The van der Waals surface area contributed by atoms with Gasteiger partial charge in [-0.05, 0) is 40.2 Å². The summed E-state index contributed by atoms with van der Waals surface area (Å²) in [6, 6.07) is 11.9. The van der Waals surface area contributed by atoms with Crippen molar-refractivity contribution in [1.29, 1.82) is 0 Å². The molecular weight excluding hydrogens is 325 g/mol. The first-order chi connectivity index (χ1) is 9.66. The van der Waals surface area contributed by atoms with Crippen LogP contribution >= 0.6 is 15.9 Å². The second kappa shape index (κ2) is 5.05. The number of hydrogen-bond acceptors (Lipinski definition) is 2. The van der Waals surface area contributed by atoms with Gasteiger partial charge in [-0.2, -0.15) is 5.10 Å². The van der Waals surface area contributed by atoms with Crippen molar-refractivity contribution in [1.82, 2.24) is 10.2 Å². The van der Waals surface area contributed by atoms with Crippen LogP contribution in [0.5, 0.6) is 0 Å². The molecule has 4 nitrogen and oxygen atoms in total. The molecular formula is C14H9BrFN3O. The van der Waals surface area contributed by atoms with Crippen molar-refractivity contribution in [2.75, 3.05) is 5.32 Å². The molecule has 0 saturated heterocycles. The van der Waals surface area contributed by atoms with E-state index >= 15 is 0 Å². The van der Waals surface area contributed by atoms with Crippen LogP contribution in [0.2, 0.25) is 0 Å². The largest absolute Gasteiger partial charge is 0.304 e. The standard InChI is InChI=1S/C14H9BrFN3O/c15-10-6-3-5-9(12(10)16)14(20)17-13-8-4-1-2-7-11(8)18-19-13/h1-7H,(H2,17,18,19,20). The van der Waals surface area contributed by atoms with E-state index < -0.39 is 11.7 Å². The molecule has 2 aromatic carbocycles. The summed E-state index contributed by atoms with van der Waals surface area (Å²) in [5.74, 6) is -0.754. The predicted octanol–water partition coefficient (Wildman–Crippen LogP) is 3.72. The molecule has 0 aliphatic rings. The van der Waals surface area contributed by atoms with Gasteiger partial charge in [0.25, 0.3) is 5.91 Å². The lowest BCUT2D eigenvalue weighted by molar-refractivity contribution is 0.102. The number of nitrogens with one attached hydrogen (secondary N) is 2. The van der Waals surface area contributed by atoms with Gasteiger partial charge in [-0.1, -0.05) is 18.2 Å². The molecule has 0 fully saturated rings. The van der Waals surface area contributed by atoms with Gasteiger partial charge in [-0.25, -0.2) is 4.39 Å². The molecule has 0 aliphatic heterocycles. The molecule has 3 aromatic rings. The number of nitrogens with zero attached hydrogens (tertiary/aromatic N) is 1. The lowest BCUT2D eigenvalue weighted by atomic mass is 10.2. The third kappa shape index (κ3) is 2.18. The molecule has 1 heterocycles. The van der Waals surface area contributed by atoms with Gasteiger partial charge >= 0.3 is 0 Å². The SMILES string of the molecule is O=C(Nc1n[nH]c2ccccc12)c1cccc(Br)c1F. The molecule has 100 valence electrons. The Labute approximate surface area is 122 Å². The zero-order valence-electron chi connectivity index (χ0n) is 10.2. The smallest absolute Gasteiger partial charge is 0.259 e. The average molecular weight is 334 g/mol. The van der Waals surface area contributed by atoms with Crippen LogP contribution in [0.4, 0.5) is 10.2 Å². The van der Waals surface area contributed by atoms with Gasteiger partial charge in [-0.15, -0.1) is 0 Å². The van der Waals surface area contributed by atoms with E-state index in [2.05, 4.69) is 31.4 Å². The lowest BCUT2D eigenvalue weighted by Crippen LogP contribution is -2.14. The van der Waals surface area contributed by atoms with Crippen LogP contribution in [0, 0.1) is 5.82 Å². The number of aromatic amines is 1. The van der Waals surface area contributed by atoms with Crippen molar-refractivity contribution < 1.29 is 9.18 Å². The van der Waals surface area contributed by atoms with Crippen molar-refractivity contribution in [3.05, 3.63) is 58.3 Å². The fourth-order valence-corrected chi connectivity index (χ4v) is 2.28. The normalized spacial score (nSPS) is 10.7. The topological polar surface area (TPSA) is 57.8 Å². The summed E-state index contributed by atoms with van der Waals surface area (Å²) in [4.78, 5) is 12.1. The van der Waals surface area contributed by atoms with Crippen molar-refractivity contribution >= 4 is 38.6 Å². The monoisotopic (exact) mass is 333 g/mol. The van der Waals surface area contributed by atoms with Gasteiger partial charge in [0, 0.05) is 5.39 Å². The van der Waals surface area contributed by atoms with Crippen molar-refractivity contribution in [2.45, 2.75) is 0 Å². The molecule has 6 heteroatoms. The Morgan fingerprint density at radius 1 is 1.20 bits per heavy atom. The number of anilines is 1. The van der Waals surface area contributed by atoms with E-state index in [0.29, 0.717) is 5.82 Å². The van der Waals surface area contributed by atoms with E-state index in [9.17, 15) is 9.18 Å². The van der Waals surface area contributed by atoms with E-state index in [-0.39, 0.29) is 10.0 Å². The first-order valence-corrected chi connectivity index (χ1v) is 6.64. The Bertz CT molecular complexity index is 800. The highest BCUT2D eigenvalue weighted by molar-refractivity contribution is 9.10. The second-order valence-electron chi connectivity index (χ2n) is 4.17. The highest BCUT2D eigenvalue weighted by Gasteiger charge is 2.16. The van der Waals surface area contributed by atoms with Crippen LogP contribution in [0.3, 0.4) is 0 Å². The Balaban J connectivity index is 1.95. The highest BCUT2D eigenvalue weighted by Crippen LogP contribution is 2.22. The maximum Gasteiger partial charge on any atom is 0.259 e. The summed E-state index contributed by atoms with van der Waals surface area (Å²) in [5, 5.41) is 10.2. The fourth-order valence-electron chi connectivity index (χ4n) is 1.91. The number of carbonyl (C=O) groups is 1. The molecule has 0 unspecified atom stereocenters. The second-order valence-corrected chi connectivity index (χ2v) is 5.03. The lowest BCUT2D eigenvalue weighted by Gasteiger charge is -2.05. The number of fused-ring (bicyclic) bond motifs is 1. The molecule has 1 aromatic heterocycles. The number of para-hydroxylation sites is 1. The van der Waals surface area contributed by atoms with Gasteiger partial charge in [0.2, 0.25) is 0 Å². The minimum atomic E-state index is -0.593. The molecule has 0 spiro atoms. The Morgan fingerprint density at radius 3 is 2.85 bits per heavy atom. The number of benzene rings is 2. The number of H-pyrrole nitrogens is 1. The maximum atomic E-state index is 13.9. The Hall–Kier alpha value is -2.21. The van der Waals surface area contributed by atoms with Crippen LogP contribution in [0.1, 0.15) is 10.4 Å². The molecule has 0 radical (unpaired) electrons. The molecule has 1 amide bonds. The minimum absolute atomic E-state index is 0.0357.